The van der Waals surface area contributed by atoms with Crippen molar-refractivity contribution in [3.05, 3.63) is 41.6 Å². The molecule has 0 N–H and O–H groups in total. The van der Waals surface area contributed by atoms with Crippen LogP contribution < -0.4 is 9.63 Å². The zero-order valence-corrected chi connectivity index (χ0v) is 10.0. The standard InChI is InChI=1S/C14H14N2O2/c17-14-7-3-4-10-15(14)13-9-8-11-5-1-2-6-12(11)16(13)18/h1-2,5-6,8-9H,3-4,7,10H2. The molecule has 1 aromatic carbocycles. The lowest BCUT2D eigenvalue weighted by molar-refractivity contribution is -0.563. The Morgan fingerprint density at radius 2 is 1.94 bits per heavy atom. The van der Waals surface area contributed by atoms with E-state index in [0.29, 0.717) is 24.3 Å². The fraction of sp³-hybridized carbons (Fsp3) is 0.286. The highest BCUT2D eigenvalue weighted by Gasteiger charge is 2.28. The summed E-state index contributed by atoms with van der Waals surface area (Å²) in [6.45, 7) is 0.638. The molecule has 1 aromatic heterocycles. The van der Waals surface area contributed by atoms with Gasteiger partial charge >= 0.3 is 5.91 Å². The van der Waals surface area contributed by atoms with Crippen molar-refractivity contribution in [2.45, 2.75) is 19.3 Å². The number of carbonyl (C=O) groups excluding carboxylic acids is 1. The normalized spacial score (nSPS) is 16.2. The van der Waals surface area contributed by atoms with E-state index in [4.69, 9.17) is 0 Å². The Hall–Kier alpha value is -2.10. The zero-order chi connectivity index (χ0) is 12.5. The molecule has 0 spiro atoms. The summed E-state index contributed by atoms with van der Waals surface area (Å²) in [5.74, 6) is 0.486. The minimum Gasteiger partial charge on any atom is -0.710 e. The van der Waals surface area contributed by atoms with E-state index in [-0.39, 0.29) is 5.91 Å². The van der Waals surface area contributed by atoms with Crippen LogP contribution in [-0.4, -0.2) is 12.5 Å². The number of aromatic nitrogens is 1. The fourth-order valence-corrected chi connectivity index (χ4v) is 2.42. The van der Waals surface area contributed by atoms with Crippen LogP contribution in [0.5, 0.6) is 0 Å². The monoisotopic (exact) mass is 242 g/mol. The minimum atomic E-state index is 0.0427. The molecule has 0 unspecified atom stereocenters. The Labute approximate surface area is 105 Å². The van der Waals surface area contributed by atoms with Crippen molar-refractivity contribution < 1.29 is 9.52 Å². The zero-order valence-electron chi connectivity index (χ0n) is 10.0. The van der Waals surface area contributed by atoms with Crippen molar-refractivity contribution in [3.63, 3.8) is 0 Å². The number of pyridine rings is 1. The van der Waals surface area contributed by atoms with Gasteiger partial charge in [-0.3, -0.25) is 0 Å². The smallest absolute Gasteiger partial charge is 0.309 e. The van der Waals surface area contributed by atoms with E-state index < -0.39 is 0 Å². The molecule has 0 atom stereocenters. The maximum absolute atomic E-state index is 12.3. The molecule has 1 amide bonds. The summed E-state index contributed by atoms with van der Waals surface area (Å²) in [7, 11) is 0. The lowest BCUT2D eigenvalue weighted by atomic mass is 10.1. The third-order valence-electron chi connectivity index (χ3n) is 3.38. The van der Waals surface area contributed by atoms with Gasteiger partial charge < -0.3 is 5.21 Å². The number of hydrogen-bond acceptors (Lipinski definition) is 2. The average molecular weight is 242 g/mol. The number of fused-ring (bicyclic) bond motifs is 1. The quantitative estimate of drug-likeness (QED) is 0.567. The second kappa shape index (κ2) is 4.29. The number of benzene rings is 1. The van der Waals surface area contributed by atoms with Gasteiger partial charge in [-0.25, -0.2) is 9.52 Å². The molecule has 1 aliphatic heterocycles. The lowest BCUT2D eigenvalue weighted by Gasteiger charge is -2.23. The third kappa shape index (κ3) is 1.70. The van der Waals surface area contributed by atoms with E-state index in [2.05, 4.69) is 0 Å². The number of amides is 1. The van der Waals surface area contributed by atoms with E-state index >= 15 is 0 Å². The van der Waals surface area contributed by atoms with Gasteiger partial charge in [-0.2, -0.15) is 4.90 Å². The van der Waals surface area contributed by atoms with Crippen LogP contribution in [0.1, 0.15) is 19.3 Å². The van der Waals surface area contributed by atoms with E-state index in [1.54, 1.807) is 17.0 Å². The first-order valence-electron chi connectivity index (χ1n) is 6.19. The maximum atomic E-state index is 12.3. The van der Waals surface area contributed by atoms with Crippen molar-refractivity contribution in [3.8, 4) is 0 Å². The van der Waals surface area contributed by atoms with Gasteiger partial charge in [-0.15, -0.1) is 0 Å². The van der Waals surface area contributed by atoms with Crippen LogP contribution in [0.15, 0.2) is 36.4 Å². The van der Waals surface area contributed by atoms with Gasteiger partial charge in [-0.1, -0.05) is 18.2 Å². The van der Waals surface area contributed by atoms with Crippen LogP contribution in [-0.2, 0) is 4.79 Å². The topological polar surface area (TPSA) is 47.2 Å². The molecular formula is C14H14N2O2. The molecule has 4 heteroatoms. The summed E-state index contributed by atoms with van der Waals surface area (Å²) in [5, 5.41) is 13.2. The van der Waals surface area contributed by atoms with Gasteiger partial charge in [0, 0.05) is 17.9 Å². The number of anilines is 1. The Bertz CT molecular complexity index is 610. The molecule has 4 nitrogen and oxygen atoms in total. The summed E-state index contributed by atoms with van der Waals surface area (Å²) >= 11 is 0. The second-order valence-electron chi connectivity index (χ2n) is 4.55. The lowest BCUT2D eigenvalue weighted by Crippen LogP contribution is -2.44. The summed E-state index contributed by atoms with van der Waals surface area (Å²) < 4.78 is 0.860. The van der Waals surface area contributed by atoms with Crippen LogP contribution in [0.2, 0.25) is 0 Å². The third-order valence-corrected chi connectivity index (χ3v) is 3.38. The van der Waals surface area contributed by atoms with Gasteiger partial charge in [0.05, 0.1) is 6.54 Å². The maximum Gasteiger partial charge on any atom is 0.309 e. The Morgan fingerprint density at radius 3 is 2.78 bits per heavy atom. The summed E-state index contributed by atoms with van der Waals surface area (Å²) in [6.07, 6.45) is 2.41. The second-order valence-corrected chi connectivity index (χ2v) is 4.55. The molecule has 0 aliphatic carbocycles. The molecule has 1 aliphatic rings. The number of piperidine rings is 1. The molecule has 0 saturated carbocycles. The first-order chi connectivity index (χ1) is 8.77. The average Bonchev–Trinajstić information content (AvgIpc) is 2.41. The first-order valence-corrected chi connectivity index (χ1v) is 6.19. The van der Waals surface area contributed by atoms with E-state index in [0.717, 1.165) is 23.0 Å². The molecule has 3 rings (SSSR count). The number of nitrogens with zero attached hydrogens (tertiary/aromatic N) is 2. The number of rotatable bonds is 1. The van der Waals surface area contributed by atoms with Gasteiger partial charge in [0.15, 0.2) is 0 Å². The molecule has 1 saturated heterocycles. The number of hydrogen-bond donors (Lipinski definition) is 0. The SMILES string of the molecule is O=C1CCCCN1c1ccc2ccccc2[n+]1[O-]. The van der Waals surface area contributed by atoms with Crippen molar-refractivity contribution in [1.82, 2.24) is 0 Å². The highest BCUT2D eigenvalue weighted by Crippen LogP contribution is 2.20. The predicted molar refractivity (Wildman–Crippen MR) is 69.1 cm³/mol. The van der Waals surface area contributed by atoms with E-state index in [9.17, 15) is 10.0 Å². The largest absolute Gasteiger partial charge is 0.710 e. The molecule has 2 aromatic rings. The minimum absolute atomic E-state index is 0.0427. The van der Waals surface area contributed by atoms with Crippen LogP contribution in [0.25, 0.3) is 10.9 Å². The van der Waals surface area contributed by atoms with Crippen LogP contribution in [0.3, 0.4) is 0 Å². The van der Waals surface area contributed by atoms with Gasteiger partial charge in [0.2, 0.25) is 0 Å². The van der Waals surface area contributed by atoms with Crippen molar-refractivity contribution in [1.29, 1.82) is 0 Å². The molecule has 2 heterocycles. The molecular weight excluding hydrogens is 228 g/mol. The molecule has 18 heavy (non-hydrogen) atoms. The van der Waals surface area contributed by atoms with E-state index in [1.807, 2.05) is 24.3 Å². The molecule has 92 valence electrons. The Kier molecular flexibility index (Phi) is 2.63. The molecule has 0 radical (unpaired) electrons. The summed E-state index contributed by atoms with van der Waals surface area (Å²) in [4.78, 5) is 13.5. The first kappa shape index (κ1) is 11.0. The summed E-state index contributed by atoms with van der Waals surface area (Å²) in [5.41, 5.74) is 0.605. The molecule has 1 fully saturated rings. The van der Waals surface area contributed by atoms with E-state index in [1.165, 1.54) is 0 Å². The van der Waals surface area contributed by atoms with Gasteiger partial charge in [0.1, 0.15) is 5.52 Å². The molecule has 0 bridgehead atoms. The van der Waals surface area contributed by atoms with Gasteiger partial charge in [-0.05, 0) is 25.0 Å². The van der Waals surface area contributed by atoms with Crippen molar-refractivity contribution in [2.75, 3.05) is 11.4 Å². The Balaban J connectivity index is 2.12. The van der Waals surface area contributed by atoms with Crippen LogP contribution >= 0.6 is 0 Å². The highest BCUT2D eigenvalue weighted by molar-refractivity contribution is 5.93. The number of carbonyl (C=O) groups is 1. The van der Waals surface area contributed by atoms with Crippen molar-refractivity contribution in [2.24, 2.45) is 0 Å². The Morgan fingerprint density at radius 1 is 1.11 bits per heavy atom. The summed E-state index contributed by atoms with van der Waals surface area (Å²) in [6, 6.07) is 11.0. The number of para-hydroxylation sites is 1. The fourth-order valence-electron chi connectivity index (χ4n) is 2.42. The van der Waals surface area contributed by atoms with Crippen LogP contribution in [0.4, 0.5) is 5.82 Å². The predicted octanol–water partition coefficient (Wildman–Crippen LogP) is 1.99. The highest BCUT2D eigenvalue weighted by atomic mass is 16.5. The van der Waals surface area contributed by atoms with Crippen LogP contribution in [0, 0.1) is 5.21 Å². The van der Waals surface area contributed by atoms with Gasteiger partial charge in [0.25, 0.3) is 5.82 Å². The van der Waals surface area contributed by atoms with Crippen molar-refractivity contribution >= 4 is 22.6 Å².